The van der Waals surface area contributed by atoms with E-state index in [-0.39, 0.29) is 5.91 Å². The van der Waals surface area contributed by atoms with Crippen LogP contribution in [0.5, 0.6) is 0 Å². The lowest BCUT2D eigenvalue weighted by Gasteiger charge is -2.33. The van der Waals surface area contributed by atoms with E-state index >= 15 is 0 Å². The first-order valence-corrected chi connectivity index (χ1v) is 9.81. The Kier molecular flexibility index (Phi) is 6.95. The minimum atomic E-state index is 0.112. The van der Waals surface area contributed by atoms with Gasteiger partial charge in [0.1, 0.15) is 0 Å². The van der Waals surface area contributed by atoms with E-state index in [9.17, 15) is 4.79 Å². The molecule has 0 aliphatic carbocycles. The first kappa shape index (κ1) is 19.5. The lowest BCUT2D eigenvalue weighted by Crippen LogP contribution is -2.49. The summed E-state index contributed by atoms with van der Waals surface area (Å²) in [7, 11) is 0. The van der Waals surface area contributed by atoms with Crippen molar-refractivity contribution in [1.29, 1.82) is 0 Å². The van der Waals surface area contributed by atoms with Gasteiger partial charge in [-0.25, -0.2) is 0 Å². The molecule has 1 saturated heterocycles. The van der Waals surface area contributed by atoms with Gasteiger partial charge in [-0.3, -0.25) is 14.6 Å². The summed E-state index contributed by atoms with van der Waals surface area (Å²) in [4.78, 5) is 20.8. The number of carbonyl (C=O) groups excluding carboxylic acids is 1. The summed E-state index contributed by atoms with van der Waals surface area (Å²) >= 11 is 0. The van der Waals surface area contributed by atoms with E-state index in [1.54, 1.807) is 0 Å². The van der Waals surface area contributed by atoms with Crippen molar-refractivity contribution in [3.05, 3.63) is 35.7 Å². The molecule has 7 nitrogen and oxygen atoms in total. The molecule has 146 valence electrons. The molecule has 3 rings (SSSR count). The number of hydrogen-bond donors (Lipinski definition) is 1. The molecule has 1 aromatic carbocycles. The average Bonchev–Trinajstić information content (AvgIpc) is 3.16. The van der Waals surface area contributed by atoms with Gasteiger partial charge >= 0.3 is 0 Å². The van der Waals surface area contributed by atoms with Gasteiger partial charge in [0.25, 0.3) is 0 Å². The zero-order valence-electron chi connectivity index (χ0n) is 16.3. The van der Waals surface area contributed by atoms with Crippen molar-refractivity contribution in [2.24, 2.45) is 0 Å². The van der Waals surface area contributed by atoms with E-state index in [1.165, 1.54) is 5.56 Å². The minimum Gasteiger partial charge on any atom is -0.355 e. The molecule has 27 heavy (non-hydrogen) atoms. The fourth-order valence-electron chi connectivity index (χ4n) is 3.15. The summed E-state index contributed by atoms with van der Waals surface area (Å²) < 4.78 is 5.43. The van der Waals surface area contributed by atoms with Crippen LogP contribution in [0.1, 0.15) is 31.7 Å². The largest absolute Gasteiger partial charge is 0.355 e. The third kappa shape index (κ3) is 5.61. The van der Waals surface area contributed by atoms with Crippen LogP contribution in [0.2, 0.25) is 0 Å². The van der Waals surface area contributed by atoms with Crippen LogP contribution in [0, 0.1) is 0 Å². The van der Waals surface area contributed by atoms with Crippen molar-refractivity contribution in [3.8, 4) is 11.4 Å². The summed E-state index contributed by atoms with van der Waals surface area (Å²) in [6.07, 6.45) is 1.98. The van der Waals surface area contributed by atoms with Crippen molar-refractivity contribution >= 4 is 5.91 Å². The highest BCUT2D eigenvalue weighted by Gasteiger charge is 2.20. The predicted molar refractivity (Wildman–Crippen MR) is 104 cm³/mol. The van der Waals surface area contributed by atoms with Crippen molar-refractivity contribution in [2.45, 2.75) is 33.2 Å². The fraction of sp³-hybridized carbons (Fsp3) is 0.550. The van der Waals surface area contributed by atoms with Crippen molar-refractivity contribution < 1.29 is 9.32 Å². The second kappa shape index (κ2) is 9.62. The summed E-state index contributed by atoms with van der Waals surface area (Å²) in [5, 5.41) is 7.04. The van der Waals surface area contributed by atoms with E-state index < -0.39 is 0 Å². The van der Waals surface area contributed by atoms with E-state index in [0.29, 0.717) is 24.8 Å². The number of nitrogens with one attached hydrogen (secondary N) is 1. The van der Waals surface area contributed by atoms with Gasteiger partial charge in [0, 0.05) is 38.3 Å². The van der Waals surface area contributed by atoms with Gasteiger partial charge in [0.05, 0.1) is 13.1 Å². The molecule has 0 unspecified atom stereocenters. The second-order valence-corrected chi connectivity index (χ2v) is 6.96. The van der Waals surface area contributed by atoms with Crippen molar-refractivity contribution in [2.75, 3.05) is 39.3 Å². The highest BCUT2D eigenvalue weighted by atomic mass is 16.5. The molecule has 0 radical (unpaired) electrons. The minimum absolute atomic E-state index is 0.112. The van der Waals surface area contributed by atoms with Crippen LogP contribution in [0.15, 0.2) is 28.8 Å². The molecule has 1 aromatic heterocycles. The number of hydrogen-bond acceptors (Lipinski definition) is 6. The molecule has 0 atom stereocenters. The fourth-order valence-corrected chi connectivity index (χ4v) is 3.15. The van der Waals surface area contributed by atoms with E-state index in [4.69, 9.17) is 4.52 Å². The Hall–Kier alpha value is -2.25. The number of nitrogens with zero attached hydrogens (tertiary/aromatic N) is 4. The van der Waals surface area contributed by atoms with Crippen LogP contribution in [-0.4, -0.2) is 65.1 Å². The number of aryl methyl sites for hydroxylation is 1. The Morgan fingerprint density at radius 1 is 1.11 bits per heavy atom. The van der Waals surface area contributed by atoms with Crippen LogP contribution < -0.4 is 5.32 Å². The lowest BCUT2D eigenvalue weighted by molar-refractivity contribution is -0.122. The zero-order valence-corrected chi connectivity index (χ0v) is 16.3. The molecule has 1 N–H and O–H groups in total. The van der Waals surface area contributed by atoms with Crippen LogP contribution in [-0.2, 0) is 17.8 Å². The second-order valence-electron chi connectivity index (χ2n) is 6.96. The molecule has 2 heterocycles. The molecule has 0 saturated carbocycles. The molecule has 0 bridgehead atoms. The predicted octanol–water partition coefficient (Wildman–Crippen LogP) is 1.94. The van der Waals surface area contributed by atoms with Crippen LogP contribution in [0.25, 0.3) is 11.4 Å². The SMILES string of the molecule is CCCNC(=O)CN1CCN(Cc2nc(-c3ccc(CC)cc3)no2)CC1. The maximum atomic E-state index is 11.8. The average molecular weight is 371 g/mol. The van der Waals surface area contributed by atoms with Crippen LogP contribution in [0.3, 0.4) is 0 Å². The van der Waals surface area contributed by atoms with Gasteiger partial charge < -0.3 is 9.84 Å². The van der Waals surface area contributed by atoms with Gasteiger partial charge in [0.15, 0.2) is 0 Å². The number of aromatic nitrogens is 2. The summed E-state index contributed by atoms with van der Waals surface area (Å²) in [6, 6.07) is 8.27. The lowest BCUT2D eigenvalue weighted by atomic mass is 10.1. The molecular formula is C20H29N5O2. The third-order valence-electron chi connectivity index (χ3n) is 4.85. The first-order chi connectivity index (χ1) is 13.2. The van der Waals surface area contributed by atoms with Crippen LogP contribution in [0.4, 0.5) is 0 Å². The number of piperazine rings is 1. The smallest absolute Gasteiger partial charge is 0.241 e. The Morgan fingerprint density at radius 2 is 1.81 bits per heavy atom. The highest BCUT2D eigenvalue weighted by molar-refractivity contribution is 5.77. The van der Waals surface area contributed by atoms with Gasteiger partial charge in [-0.05, 0) is 18.4 Å². The van der Waals surface area contributed by atoms with Crippen molar-refractivity contribution in [1.82, 2.24) is 25.3 Å². The number of benzene rings is 1. The third-order valence-corrected chi connectivity index (χ3v) is 4.85. The molecule has 1 aliphatic heterocycles. The molecule has 2 aromatic rings. The zero-order chi connectivity index (χ0) is 19.1. The Balaban J connectivity index is 1.46. The van der Waals surface area contributed by atoms with E-state index in [1.807, 2.05) is 12.1 Å². The molecular weight excluding hydrogens is 342 g/mol. The number of amides is 1. The van der Waals surface area contributed by atoms with Gasteiger partial charge in [-0.15, -0.1) is 0 Å². The van der Waals surface area contributed by atoms with Gasteiger partial charge in [-0.2, -0.15) is 4.98 Å². The Morgan fingerprint density at radius 3 is 2.48 bits per heavy atom. The van der Waals surface area contributed by atoms with Gasteiger partial charge in [0.2, 0.25) is 17.6 Å². The summed E-state index contributed by atoms with van der Waals surface area (Å²) in [5.41, 5.74) is 2.27. The molecule has 0 spiro atoms. The monoisotopic (exact) mass is 371 g/mol. The summed E-state index contributed by atoms with van der Waals surface area (Å²) in [5.74, 6) is 1.39. The quantitative estimate of drug-likeness (QED) is 0.764. The Bertz CT molecular complexity index is 720. The number of rotatable bonds is 8. The Labute approximate surface area is 160 Å². The maximum absolute atomic E-state index is 11.8. The maximum Gasteiger partial charge on any atom is 0.241 e. The molecule has 1 fully saturated rings. The van der Waals surface area contributed by atoms with Crippen molar-refractivity contribution in [3.63, 3.8) is 0 Å². The summed E-state index contributed by atoms with van der Waals surface area (Å²) in [6.45, 7) is 9.61. The number of carbonyl (C=O) groups is 1. The van der Waals surface area contributed by atoms with E-state index in [0.717, 1.165) is 51.1 Å². The molecule has 1 amide bonds. The highest BCUT2D eigenvalue weighted by Crippen LogP contribution is 2.17. The molecule has 7 heteroatoms. The first-order valence-electron chi connectivity index (χ1n) is 9.81. The topological polar surface area (TPSA) is 74.5 Å². The normalized spacial score (nSPS) is 15.8. The molecule has 1 aliphatic rings. The standard InChI is InChI=1S/C20H29N5O2/c1-3-9-21-18(26)14-24-10-12-25(13-11-24)15-19-22-20(23-27-19)17-7-5-16(4-2)6-8-17/h5-8H,3-4,9-15H2,1-2H3,(H,21,26). The van der Waals surface area contributed by atoms with E-state index in [2.05, 4.69) is 51.2 Å². The van der Waals surface area contributed by atoms with Crippen LogP contribution >= 0.6 is 0 Å². The van der Waals surface area contributed by atoms with Gasteiger partial charge in [-0.1, -0.05) is 43.3 Å².